The molecule has 0 aromatic heterocycles. The van der Waals surface area contributed by atoms with E-state index >= 15 is 0 Å². The summed E-state index contributed by atoms with van der Waals surface area (Å²) in [6, 6.07) is 0.562. The van der Waals surface area contributed by atoms with Crippen LogP contribution in [0.4, 0.5) is 0 Å². The third-order valence-electron chi connectivity index (χ3n) is 2.54. The molecule has 2 unspecified atom stereocenters. The summed E-state index contributed by atoms with van der Waals surface area (Å²) in [6.07, 6.45) is 2.27. The van der Waals surface area contributed by atoms with Gasteiger partial charge in [0, 0.05) is 26.4 Å². The van der Waals surface area contributed by atoms with Gasteiger partial charge in [-0.2, -0.15) is 0 Å². The van der Waals surface area contributed by atoms with Crippen molar-refractivity contribution in [3.63, 3.8) is 0 Å². The summed E-state index contributed by atoms with van der Waals surface area (Å²) < 4.78 is 10.4. The summed E-state index contributed by atoms with van der Waals surface area (Å²) in [6.45, 7) is 2.67. The average molecular weight is 173 g/mol. The quantitative estimate of drug-likeness (QED) is 0.662. The van der Waals surface area contributed by atoms with Gasteiger partial charge in [-0.15, -0.1) is 0 Å². The molecule has 0 aromatic carbocycles. The van der Waals surface area contributed by atoms with Crippen molar-refractivity contribution in [3.8, 4) is 0 Å². The lowest BCUT2D eigenvalue weighted by Crippen LogP contribution is -2.34. The van der Waals surface area contributed by atoms with Crippen LogP contribution >= 0.6 is 0 Å². The molecule has 1 aliphatic heterocycles. The third kappa shape index (κ3) is 2.73. The highest BCUT2D eigenvalue weighted by atomic mass is 16.5. The largest absolute Gasteiger partial charge is 0.385 e. The van der Waals surface area contributed by atoms with E-state index in [2.05, 4.69) is 5.32 Å². The number of nitrogens with one attached hydrogen (secondary N) is 1. The van der Waals surface area contributed by atoms with Gasteiger partial charge in [-0.3, -0.25) is 0 Å². The molecule has 0 amide bonds. The summed E-state index contributed by atoms with van der Waals surface area (Å²) in [5, 5.41) is 3.32. The maximum Gasteiger partial charge on any atom is 0.0510 e. The Labute approximate surface area is 74.4 Å². The molecule has 0 saturated carbocycles. The smallest absolute Gasteiger partial charge is 0.0510 e. The van der Waals surface area contributed by atoms with Gasteiger partial charge < -0.3 is 14.8 Å². The van der Waals surface area contributed by atoms with Gasteiger partial charge >= 0.3 is 0 Å². The first-order valence-corrected chi connectivity index (χ1v) is 4.62. The van der Waals surface area contributed by atoms with E-state index in [1.807, 2.05) is 7.05 Å². The van der Waals surface area contributed by atoms with Crippen LogP contribution in [0.1, 0.15) is 12.8 Å². The summed E-state index contributed by atoms with van der Waals surface area (Å²) in [7, 11) is 3.76. The minimum absolute atomic E-state index is 0.562. The molecular formula is C9H19NO2. The summed E-state index contributed by atoms with van der Waals surface area (Å²) in [4.78, 5) is 0. The highest BCUT2D eigenvalue weighted by Crippen LogP contribution is 2.18. The molecule has 1 aliphatic rings. The zero-order valence-corrected chi connectivity index (χ0v) is 8.01. The molecule has 3 nitrogen and oxygen atoms in total. The van der Waals surface area contributed by atoms with E-state index in [9.17, 15) is 0 Å². The second-order valence-electron chi connectivity index (χ2n) is 3.30. The Morgan fingerprint density at radius 3 is 3.00 bits per heavy atom. The molecule has 0 radical (unpaired) electrons. The Bertz CT molecular complexity index is 113. The summed E-state index contributed by atoms with van der Waals surface area (Å²) >= 11 is 0. The number of hydrogen-bond acceptors (Lipinski definition) is 3. The van der Waals surface area contributed by atoms with E-state index in [0.717, 1.165) is 26.2 Å². The molecule has 72 valence electrons. The second kappa shape index (κ2) is 5.51. The van der Waals surface area contributed by atoms with Gasteiger partial charge in [-0.1, -0.05) is 0 Å². The molecule has 3 heteroatoms. The Kier molecular flexibility index (Phi) is 4.58. The molecule has 1 heterocycles. The normalized spacial score (nSPS) is 26.0. The number of hydrogen-bond donors (Lipinski definition) is 1. The van der Waals surface area contributed by atoms with E-state index in [4.69, 9.17) is 9.47 Å². The Morgan fingerprint density at radius 2 is 2.50 bits per heavy atom. The SMILES string of the molecule is CNC(CCOC)C1CCOC1. The van der Waals surface area contributed by atoms with Crippen LogP contribution in [0.3, 0.4) is 0 Å². The molecule has 0 bridgehead atoms. The second-order valence-corrected chi connectivity index (χ2v) is 3.30. The van der Waals surface area contributed by atoms with Crippen molar-refractivity contribution in [3.05, 3.63) is 0 Å². The average Bonchev–Trinajstić information content (AvgIpc) is 2.59. The van der Waals surface area contributed by atoms with Crippen molar-refractivity contribution in [2.45, 2.75) is 18.9 Å². The van der Waals surface area contributed by atoms with Crippen LogP contribution in [-0.2, 0) is 9.47 Å². The fourth-order valence-corrected chi connectivity index (χ4v) is 1.73. The van der Waals surface area contributed by atoms with Gasteiger partial charge in [0.1, 0.15) is 0 Å². The lowest BCUT2D eigenvalue weighted by Gasteiger charge is -2.21. The van der Waals surface area contributed by atoms with Gasteiger partial charge in [-0.25, -0.2) is 0 Å². The van der Waals surface area contributed by atoms with Crippen LogP contribution < -0.4 is 5.32 Å². The van der Waals surface area contributed by atoms with Crippen molar-refractivity contribution in [1.29, 1.82) is 0 Å². The van der Waals surface area contributed by atoms with Gasteiger partial charge in [0.2, 0.25) is 0 Å². The molecule has 0 spiro atoms. The van der Waals surface area contributed by atoms with Crippen LogP contribution in [0, 0.1) is 5.92 Å². The first-order chi connectivity index (χ1) is 5.88. The van der Waals surface area contributed by atoms with Gasteiger partial charge in [0.25, 0.3) is 0 Å². The van der Waals surface area contributed by atoms with Crippen LogP contribution in [0.25, 0.3) is 0 Å². The Morgan fingerprint density at radius 1 is 1.67 bits per heavy atom. The van der Waals surface area contributed by atoms with E-state index in [-0.39, 0.29) is 0 Å². The highest BCUT2D eigenvalue weighted by molar-refractivity contribution is 4.77. The Hall–Kier alpha value is -0.120. The lowest BCUT2D eigenvalue weighted by atomic mass is 9.97. The number of methoxy groups -OCH3 is 1. The molecule has 1 saturated heterocycles. The minimum atomic E-state index is 0.562. The van der Waals surface area contributed by atoms with Crippen molar-refractivity contribution in [2.24, 2.45) is 5.92 Å². The first-order valence-electron chi connectivity index (χ1n) is 4.62. The van der Waals surface area contributed by atoms with Crippen molar-refractivity contribution in [1.82, 2.24) is 5.32 Å². The zero-order valence-electron chi connectivity index (χ0n) is 8.01. The van der Waals surface area contributed by atoms with Crippen LogP contribution in [-0.4, -0.2) is 40.0 Å². The van der Waals surface area contributed by atoms with Crippen molar-refractivity contribution < 1.29 is 9.47 Å². The fraction of sp³-hybridized carbons (Fsp3) is 1.00. The van der Waals surface area contributed by atoms with Crippen molar-refractivity contribution in [2.75, 3.05) is 34.0 Å². The fourth-order valence-electron chi connectivity index (χ4n) is 1.73. The van der Waals surface area contributed by atoms with E-state index in [1.165, 1.54) is 6.42 Å². The van der Waals surface area contributed by atoms with Gasteiger partial charge in [0.15, 0.2) is 0 Å². The van der Waals surface area contributed by atoms with Crippen LogP contribution in [0.2, 0.25) is 0 Å². The zero-order chi connectivity index (χ0) is 8.81. The molecule has 0 aromatic rings. The number of ether oxygens (including phenoxy) is 2. The van der Waals surface area contributed by atoms with E-state index < -0.39 is 0 Å². The highest BCUT2D eigenvalue weighted by Gasteiger charge is 2.23. The molecular weight excluding hydrogens is 154 g/mol. The van der Waals surface area contributed by atoms with E-state index in [0.29, 0.717) is 12.0 Å². The molecule has 1 N–H and O–H groups in total. The van der Waals surface area contributed by atoms with E-state index in [1.54, 1.807) is 7.11 Å². The molecule has 1 fully saturated rings. The monoisotopic (exact) mass is 173 g/mol. The van der Waals surface area contributed by atoms with Crippen LogP contribution in [0.5, 0.6) is 0 Å². The molecule has 2 atom stereocenters. The third-order valence-corrected chi connectivity index (χ3v) is 2.54. The minimum Gasteiger partial charge on any atom is -0.385 e. The topological polar surface area (TPSA) is 30.5 Å². The predicted molar refractivity (Wildman–Crippen MR) is 48.3 cm³/mol. The lowest BCUT2D eigenvalue weighted by molar-refractivity contribution is 0.154. The molecule has 1 rings (SSSR count). The first kappa shape index (κ1) is 9.96. The predicted octanol–water partition coefficient (Wildman–Crippen LogP) is 0.647. The van der Waals surface area contributed by atoms with Gasteiger partial charge in [0.05, 0.1) is 6.61 Å². The maximum atomic E-state index is 5.34. The van der Waals surface area contributed by atoms with Gasteiger partial charge in [-0.05, 0) is 25.8 Å². The standard InChI is InChI=1S/C9H19NO2/c1-10-9(4-5-11-2)8-3-6-12-7-8/h8-10H,3-7H2,1-2H3. The summed E-state index contributed by atoms with van der Waals surface area (Å²) in [5.74, 6) is 0.685. The summed E-state index contributed by atoms with van der Waals surface area (Å²) in [5.41, 5.74) is 0. The molecule has 0 aliphatic carbocycles. The van der Waals surface area contributed by atoms with Crippen LogP contribution in [0.15, 0.2) is 0 Å². The number of rotatable bonds is 5. The Balaban J connectivity index is 2.22. The van der Waals surface area contributed by atoms with Crippen molar-refractivity contribution >= 4 is 0 Å². The molecule has 12 heavy (non-hydrogen) atoms. The maximum absolute atomic E-state index is 5.34.